The number of amides is 3. The number of nitrogens with one attached hydrogen (secondary N) is 1. The van der Waals surface area contributed by atoms with Crippen molar-refractivity contribution in [1.29, 1.82) is 0 Å². The van der Waals surface area contributed by atoms with Crippen LogP contribution in [0.2, 0.25) is 0 Å². The van der Waals surface area contributed by atoms with Crippen LogP contribution in [-0.4, -0.2) is 48.9 Å². The lowest BCUT2D eigenvalue weighted by atomic mass is 9.99. The molecular formula is C18H27N3O2. The average molecular weight is 317 g/mol. The number of urea groups is 1. The second-order valence-corrected chi connectivity index (χ2v) is 6.47. The molecule has 0 radical (unpaired) electrons. The monoisotopic (exact) mass is 317 g/mol. The van der Waals surface area contributed by atoms with E-state index in [4.69, 9.17) is 0 Å². The Labute approximate surface area is 138 Å². The van der Waals surface area contributed by atoms with Crippen LogP contribution in [0.25, 0.3) is 0 Å². The van der Waals surface area contributed by atoms with E-state index in [0.717, 1.165) is 19.4 Å². The van der Waals surface area contributed by atoms with Gasteiger partial charge in [-0.2, -0.15) is 0 Å². The number of nitrogens with zero attached hydrogens (tertiary/aromatic N) is 2. The summed E-state index contributed by atoms with van der Waals surface area (Å²) >= 11 is 0. The number of carbonyl (C=O) groups excluding carboxylic acids is 2. The Morgan fingerprint density at radius 3 is 2.65 bits per heavy atom. The van der Waals surface area contributed by atoms with Gasteiger partial charge in [0.05, 0.1) is 6.04 Å². The Kier molecular flexibility index (Phi) is 5.64. The van der Waals surface area contributed by atoms with Crippen molar-refractivity contribution in [2.24, 2.45) is 0 Å². The molecule has 1 atom stereocenters. The fourth-order valence-electron chi connectivity index (χ4n) is 2.93. The van der Waals surface area contributed by atoms with Gasteiger partial charge in [-0.25, -0.2) is 4.79 Å². The Balaban J connectivity index is 1.96. The van der Waals surface area contributed by atoms with Crippen molar-refractivity contribution < 1.29 is 9.59 Å². The summed E-state index contributed by atoms with van der Waals surface area (Å²) in [6.07, 6.45) is 2.34. The van der Waals surface area contributed by atoms with E-state index in [-0.39, 0.29) is 18.0 Å². The minimum atomic E-state index is -0.0720. The average Bonchev–Trinajstić information content (AvgIpc) is 2.99. The van der Waals surface area contributed by atoms with Crippen molar-refractivity contribution >= 4 is 11.9 Å². The van der Waals surface area contributed by atoms with Crippen molar-refractivity contribution in [2.45, 2.75) is 39.2 Å². The van der Waals surface area contributed by atoms with Crippen LogP contribution in [0.3, 0.4) is 0 Å². The first-order valence-electron chi connectivity index (χ1n) is 8.22. The first-order chi connectivity index (χ1) is 10.9. The van der Waals surface area contributed by atoms with Crippen LogP contribution in [0, 0.1) is 13.8 Å². The molecule has 2 rings (SSSR count). The van der Waals surface area contributed by atoms with Gasteiger partial charge in [-0.1, -0.05) is 18.2 Å². The maximum atomic E-state index is 12.4. The summed E-state index contributed by atoms with van der Waals surface area (Å²) in [6, 6.07) is 6.49. The smallest absolute Gasteiger partial charge is 0.317 e. The van der Waals surface area contributed by atoms with Gasteiger partial charge in [0.25, 0.3) is 0 Å². The molecular weight excluding hydrogens is 290 g/mol. The van der Waals surface area contributed by atoms with Crippen molar-refractivity contribution in [3.8, 4) is 0 Å². The Morgan fingerprint density at radius 1 is 1.26 bits per heavy atom. The molecule has 1 N–H and O–H groups in total. The predicted octanol–water partition coefficient (Wildman–Crippen LogP) is 2.63. The molecule has 126 valence electrons. The Bertz CT molecular complexity index is 584. The van der Waals surface area contributed by atoms with E-state index in [1.54, 1.807) is 19.0 Å². The Hall–Kier alpha value is -2.04. The molecule has 0 spiro atoms. The molecule has 0 unspecified atom stereocenters. The van der Waals surface area contributed by atoms with Crippen LogP contribution in [0.1, 0.15) is 42.0 Å². The van der Waals surface area contributed by atoms with Gasteiger partial charge < -0.3 is 15.1 Å². The van der Waals surface area contributed by atoms with Gasteiger partial charge >= 0.3 is 6.03 Å². The van der Waals surface area contributed by atoms with E-state index in [2.05, 4.69) is 37.4 Å². The van der Waals surface area contributed by atoms with Gasteiger partial charge in [0.1, 0.15) is 0 Å². The Morgan fingerprint density at radius 2 is 2.00 bits per heavy atom. The van der Waals surface area contributed by atoms with Crippen LogP contribution in [-0.2, 0) is 4.79 Å². The van der Waals surface area contributed by atoms with E-state index in [0.29, 0.717) is 13.0 Å². The second-order valence-electron chi connectivity index (χ2n) is 6.47. The molecule has 0 saturated carbocycles. The third kappa shape index (κ3) is 4.24. The van der Waals surface area contributed by atoms with Crippen LogP contribution in [0.15, 0.2) is 18.2 Å². The molecule has 3 amide bonds. The zero-order chi connectivity index (χ0) is 17.0. The third-order valence-corrected chi connectivity index (χ3v) is 4.54. The molecule has 1 aromatic carbocycles. The molecule has 0 aromatic heterocycles. The highest BCUT2D eigenvalue weighted by molar-refractivity contribution is 5.78. The highest BCUT2D eigenvalue weighted by Gasteiger charge is 2.29. The zero-order valence-corrected chi connectivity index (χ0v) is 14.6. The topological polar surface area (TPSA) is 52.7 Å². The zero-order valence-electron chi connectivity index (χ0n) is 14.6. The van der Waals surface area contributed by atoms with Crippen LogP contribution in [0.5, 0.6) is 0 Å². The van der Waals surface area contributed by atoms with E-state index in [9.17, 15) is 9.59 Å². The van der Waals surface area contributed by atoms with Crippen LogP contribution in [0.4, 0.5) is 4.79 Å². The minimum Gasteiger partial charge on any atom is -0.349 e. The highest BCUT2D eigenvalue weighted by atomic mass is 16.2. The quantitative estimate of drug-likeness (QED) is 0.928. The van der Waals surface area contributed by atoms with Crippen LogP contribution >= 0.6 is 0 Å². The lowest BCUT2D eigenvalue weighted by molar-refractivity contribution is -0.128. The predicted molar refractivity (Wildman–Crippen MR) is 91.3 cm³/mol. The van der Waals surface area contributed by atoms with Gasteiger partial charge in [-0.3, -0.25) is 4.79 Å². The maximum absolute atomic E-state index is 12.4. The molecule has 1 fully saturated rings. The molecule has 0 bridgehead atoms. The summed E-state index contributed by atoms with van der Waals surface area (Å²) in [5.74, 6) is 0.0254. The van der Waals surface area contributed by atoms with Gasteiger partial charge in [-0.15, -0.1) is 0 Å². The molecule has 1 aliphatic rings. The number of likely N-dealkylation sites (tertiary alicyclic amines) is 1. The molecule has 1 aromatic rings. The fourth-order valence-corrected chi connectivity index (χ4v) is 2.93. The number of aryl methyl sites for hydroxylation is 2. The summed E-state index contributed by atoms with van der Waals surface area (Å²) in [5, 5.41) is 2.88. The summed E-state index contributed by atoms with van der Waals surface area (Å²) < 4.78 is 0. The van der Waals surface area contributed by atoms with Crippen molar-refractivity contribution in [3.05, 3.63) is 34.9 Å². The van der Waals surface area contributed by atoms with E-state index in [1.807, 2.05) is 4.90 Å². The van der Waals surface area contributed by atoms with Crippen molar-refractivity contribution in [1.82, 2.24) is 15.1 Å². The number of rotatable bonds is 4. The SMILES string of the molecule is Cc1ccc([C@H]2CCCN2C(=O)NCCC(=O)N(C)C)cc1C. The molecule has 5 heteroatoms. The molecule has 1 heterocycles. The first-order valence-corrected chi connectivity index (χ1v) is 8.22. The van der Waals surface area contributed by atoms with Gasteiger partial charge in [-0.05, 0) is 43.4 Å². The molecule has 0 aliphatic carbocycles. The molecule has 23 heavy (non-hydrogen) atoms. The maximum Gasteiger partial charge on any atom is 0.317 e. The number of hydrogen-bond acceptors (Lipinski definition) is 2. The standard InChI is InChI=1S/C18H27N3O2/c1-13-7-8-15(12-14(13)2)16-6-5-11-21(16)18(23)19-10-9-17(22)20(3)4/h7-8,12,16H,5-6,9-11H2,1-4H3,(H,19,23)/t16-/m1/s1. The second kappa shape index (κ2) is 7.49. The van der Waals surface area contributed by atoms with Gasteiger partial charge in [0.15, 0.2) is 0 Å². The molecule has 1 aliphatic heterocycles. The van der Waals surface area contributed by atoms with E-state index in [1.165, 1.54) is 16.7 Å². The van der Waals surface area contributed by atoms with Gasteiger partial charge in [0.2, 0.25) is 5.91 Å². The fraction of sp³-hybridized carbons (Fsp3) is 0.556. The number of hydrogen-bond donors (Lipinski definition) is 1. The van der Waals surface area contributed by atoms with Crippen LogP contribution < -0.4 is 5.32 Å². The minimum absolute atomic E-state index is 0.0254. The van der Waals surface area contributed by atoms with Crippen molar-refractivity contribution in [2.75, 3.05) is 27.2 Å². The number of benzene rings is 1. The van der Waals surface area contributed by atoms with E-state index >= 15 is 0 Å². The third-order valence-electron chi connectivity index (χ3n) is 4.54. The largest absolute Gasteiger partial charge is 0.349 e. The lowest BCUT2D eigenvalue weighted by Crippen LogP contribution is -2.40. The first kappa shape index (κ1) is 17.3. The number of carbonyl (C=O) groups is 2. The normalized spacial score (nSPS) is 17.2. The highest BCUT2D eigenvalue weighted by Crippen LogP contribution is 2.32. The molecule has 1 saturated heterocycles. The summed E-state index contributed by atoms with van der Waals surface area (Å²) in [5.41, 5.74) is 3.72. The lowest BCUT2D eigenvalue weighted by Gasteiger charge is -2.26. The summed E-state index contributed by atoms with van der Waals surface area (Å²) in [6.45, 7) is 5.35. The van der Waals surface area contributed by atoms with E-state index < -0.39 is 0 Å². The molecule has 5 nitrogen and oxygen atoms in total. The van der Waals surface area contributed by atoms with Crippen molar-refractivity contribution in [3.63, 3.8) is 0 Å². The summed E-state index contributed by atoms with van der Waals surface area (Å²) in [4.78, 5) is 27.4. The van der Waals surface area contributed by atoms with Gasteiger partial charge in [0, 0.05) is 33.6 Å². The summed E-state index contributed by atoms with van der Waals surface area (Å²) in [7, 11) is 3.45.